The van der Waals surface area contributed by atoms with Crippen molar-refractivity contribution in [2.45, 2.75) is 63.5 Å². The summed E-state index contributed by atoms with van der Waals surface area (Å²) in [4.78, 5) is 36.7. The van der Waals surface area contributed by atoms with Crippen LogP contribution in [0.5, 0.6) is 0 Å². The summed E-state index contributed by atoms with van der Waals surface area (Å²) in [6, 6.07) is 0.275. The predicted octanol–water partition coefficient (Wildman–Crippen LogP) is 2.45. The number of aromatic nitrogens is 1. The van der Waals surface area contributed by atoms with E-state index in [-0.39, 0.29) is 17.9 Å². The molecule has 1 atom stereocenters. The summed E-state index contributed by atoms with van der Waals surface area (Å²) >= 11 is 0. The quantitative estimate of drug-likeness (QED) is 0.719. The van der Waals surface area contributed by atoms with Gasteiger partial charge in [0.05, 0.1) is 11.7 Å². The van der Waals surface area contributed by atoms with Crippen molar-refractivity contribution >= 4 is 23.3 Å². The molecule has 0 radical (unpaired) electrons. The van der Waals surface area contributed by atoms with Crippen molar-refractivity contribution in [3.8, 4) is 0 Å². The van der Waals surface area contributed by atoms with Crippen LogP contribution in [0.2, 0.25) is 0 Å². The van der Waals surface area contributed by atoms with E-state index in [4.69, 9.17) is 10.7 Å². The minimum Gasteiger partial charge on any atom is -0.395 e. The van der Waals surface area contributed by atoms with Gasteiger partial charge in [-0.05, 0) is 62.5 Å². The van der Waals surface area contributed by atoms with Crippen molar-refractivity contribution in [1.29, 1.82) is 0 Å². The van der Waals surface area contributed by atoms with E-state index in [9.17, 15) is 9.59 Å². The Balaban J connectivity index is 1.32. The molecule has 1 aromatic heterocycles. The van der Waals surface area contributed by atoms with Gasteiger partial charge in [0.1, 0.15) is 0 Å². The van der Waals surface area contributed by atoms with Gasteiger partial charge in [0, 0.05) is 55.8 Å². The molecule has 0 aromatic carbocycles. The number of amides is 2. The van der Waals surface area contributed by atoms with Crippen LogP contribution in [0.3, 0.4) is 0 Å². The van der Waals surface area contributed by atoms with Crippen LogP contribution >= 0.6 is 0 Å². The van der Waals surface area contributed by atoms with Gasteiger partial charge >= 0.3 is 0 Å². The standard InChI is InChI=1S/C25H33N5O2/c1-2-21(31)28-10-9-18-19(13-28)22(26)24(27-23(18)16-5-6-16)29-11-12-30(25(32)17-7-8-17)20(14-29)15-3-4-15/h2,15-17,20H,1,3-14,26H2/t20-/m0/s1. The number of hydrogen-bond donors (Lipinski definition) is 1. The molecule has 4 fully saturated rings. The minimum atomic E-state index is -0.0395. The number of pyridine rings is 1. The zero-order valence-corrected chi connectivity index (χ0v) is 18.8. The van der Waals surface area contributed by atoms with Crippen molar-refractivity contribution in [2.24, 2.45) is 11.8 Å². The summed E-state index contributed by atoms with van der Waals surface area (Å²) in [5.74, 6) is 2.62. The Hall–Kier alpha value is -2.57. The van der Waals surface area contributed by atoms with Gasteiger partial charge in [0.2, 0.25) is 11.8 Å². The minimum absolute atomic E-state index is 0.0395. The van der Waals surface area contributed by atoms with Gasteiger partial charge in [0.25, 0.3) is 0 Å². The van der Waals surface area contributed by atoms with Crippen LogP contribution in [0.1, 0.15) is 61.3 Å². The van der Waals surface area contributed by atoms with Gasteiger partial charge in [0.15, 0.2) is 5.82 Å². The maximum absolute atomic E-state index is 12.9. The fraction of sp³-hybridized carbons (Fsp3) is 0.640. The zero-order valence-electron chi connectivity index (χ0n) is 18.8. The first kappa shape index (κ1) is 20.1. The van der Waals surface area contributed by atoms with Crippen LogP contribution < -0.4 is 10.6 Å². The maximum atomic E-state index is 12.9. The Morgan fingerprint density at radius 2 is 1.81 bits per heavy atom. The van der Waals surface area contributed by atoms with Gasteiger partial charge in [-0.1, -0.05) is 6.58 Å². The third-order valence-electron chi connectivity index (χ3n) is 7.99. The van der Waals surface area contributed by atoms with Crippen molar-refractivity contribution in [2.75, 3.05) is 36.8 Å². The summed E-state index contributed by atoms with van der Waals surface area (Å²) < 4.78 is 0. The highest BCUT2D eigenvalue weighted by Crippen LogP contribution is 2.46. The van der Waals surface area contributed by atoms with Gasteiger partial charge in [-0.3, -0.25) is 9.59 Å². The highest BCUT2D eigenvalue weighted by Gasteiger charge is 2.45. The van der Waals surface area contributed by atoms with E-state index >= 15 is 0 Å². The SMILES string of the molecule is C=CC(=O)N1CCc2c(C3CC3)nc(N3CCN(C(=O)C4CC4)[C@H](C4CC4)C3)c(N)c2C1. The molecule has 7 heteroatoms. The molecule has 2 amide bonds. The van der Waals surface area contributed by atoms with Gasteiger partial charge < -0.3 is 20.4 Å². The fourth-order valence-corrected chi connectivity index (χ4v) is 5.65. The molecule has 2 N–H and O–H groups in total. The lowest BCUT2D eigenvalue weighted by molar-refractivity contribution is -0.135. The van der Waals surface area contributed by atoms with Crippen LogP contribution in [-0.4, -0.2) is 58.8 Å². The van der Waals surface area contributed by atoms with Gasteiger partial charge in [-0.15, -0.1) is 0 Å². The van der Waals surface area contributed by atoms with Crippen LogP contribution in [0.4, 0.5) is 11.5 Å². The molecule has 0 bridgehead atoms. The molecule has 7 nitrogen and oxygen atoms in total. The lowest BCUT2D eigenvalue weighted by Crippen LogP contribution is -2.57. The number of carbonyl (C=O) groups is 2. The molecular formula is C25H33N5O2. The van der Waals surface area contributed by atoms with E-state index in [1.807, 2.05) is 4.90 Å². The number of anilines is 2. The van der Waals surface area contributed by atoms with E-state index in [2.05, 4.69) is 16.4 Å². The number of carbonyl (C=O) groups excluding carboxylic acids is 2. The second-order valence-corrected chi connectivity index (χ2v) is 10.3. The summed E-state index contributed by atoms with van der Waals surface area (Å²) in [5, 5.41) is 0. The molecule has 3 aliphatic carbocycles. The third-order valence-corrected chi connectivity index (χ3v) is 7.99. The maximum Gasteiger partial charge on any atom is 0.246 e. The molecule has 1 aromatic rings. The lowest BCUT2D eigenvalue weighted by atomic mass is 9.94. The summed E-state index contributed by atoms with van der Waals surface area (Å²) in [7, 11) is 0. The number of rotatable bonds is 5. The molecule has 5 aliphatic rings. The smallest absolute Gasteiger partial charge is 0.246 e. The highest BCUT2D eigenvalue weighted by molar-refractivity contribution is 5.87. The Labute approximate surface area is 189 Å². The Morgan fingerprint density at radius 3 is 2.47 bits per heavy atom. The van der Waals surface area contributed by atoms with Crippen molar-refractivity contribution in [3.63, 3.8) is 0 Å². The van der Waals surface area contributed by atoms with Gasteiger partial charge in [-0.2, -0.15) is 0 Å². The molecule has 0 unspecified atom stereocenters. The monoisotopic (exact) mass is 435 g/mol. The predicted molar refractivity (Wildman–Crippen MR) is 123 cm³/mol. The van der Waals surface area contributed by atoms with Crippen LogP contribution in [-0.2, 0) is 22.6 Å². The largest absolute Gasteiger partial charge is 0.395 e. The summed E-state index contributed by atoms with van der Waals surface area (Å²) in [5.41, 5.74) is 11.0. The normalized spacial score (nSPS) is 25.5. The third kappa shape index (κ3) is 3.46. The Kier molecular flexibility index (Phi) is 4.70. The second kappa shape index (κ2) is 7.49. The van der Waals surface area contributed by atoms with Crippen molar-refractivity contribution < 1.29 is 9.59 Å². The van der Waals surface area contributed by atoms with E-state index < -0.39 is 0 Å². The molecule has 3 saturated carbocycles. The molecule has 2 aliphatic heterocycles. The first-order valence-corrected chi connectivity index (χ1v) is 12.3. The lowest BCUT2D eigenvalue weighted by Gasteiger charge is -2.43. The molecule has 32 heavy (non-hydrogen) atoms. The number of piperazine rings is 1. The van der Waals surface area contributed by atoms with Crippen LogP contribution in [0, 0.1) is 11.8 Å². The fourth-order valence-electron chi connectivity index (χ4n) is 5.65. The number of nitrogens with two attached hydrogens (primary N) is 1. The van der Waals surface area contributed by atoms with E-state index in [0.29, 0.717) is 30.8 Å². The Morgan fingerprint density at radius 1 is 1.03 bits per heavy atom. The highest BCUT2D eigenvalue weighted by atomic mass is 16.2. The van der Waals surface area contributed by atoms with E-state index in [0.717, 1.165) is 56.0 Å². The number of hydrogen-bond acceptors (Lipinski definition) is 5. The van der Waals surface area contributed by atoms with Crippen LogP contribution in [0.15, 0.2) is 12.7 Å². The van der Waals surface area contributed by atoms with Crippen molar-refractivity contribution in [3.05, 3.63) is 29.5 Å². The molecule has 0 spiro atoms. The average molecular weight is 436 g/mol. The number of fused-ring (bicyclic) bond motifs is 1. The molecular weight excluding hydrogens is 402 g/mol. The first-order valence-electron chi connectivity index (χ1n) is 12.3. The molecule has 3 heterocycles. The number of nitrogens with zero attached hydrogens (tertiary/aromatic N) is 4. The van der Waals surface area contributed by atoms with Crippen LogP contribution in [0.25, 0.3) is 0 Å². The first-order chi connectivity index (χ1) is 15.5. The van der Waals surface area contributed by atoms with E-state index in [1.165, 1.54) is 43.0 Å². The van der Waals surface area contributed by atoms with Crippen molar-refractivity contribution in [1.82, 2.24) is 14.8 Å². The van der Waals surface area contributed by atoms with E-state index in [1.54, 1.807) is 0 Å². The molecule has 6 rings (SSSR count). The zero-order chi connectivity index (χ0) is 22.0. The Bertz CT molecular complexity index is 979. The average Bonchev–Trinajstić information content (AvgIpc) is 3.67. The number of nitrogen functional groups attached to an aromatic ring is 1. The molecule has 170 valence electrons. The second-order valence-electron chi connectivity index (χ2n) is 10.3. The van der Waals surface area contributed by atoms with Gasteiger partial charge in [-0.25, -0.2) is 4.98 Å². The summed E-state index contributed by atoms with van der Waals surface area (Å²) in [6.45, 7) is 7.24. The topological polar surface area (TPSA) is 82.8 Å². The summed E-state index contributed by atoms with van der Waals surface area (Å²) in [6.07, 6.45) is 9.12. The molecule has 1 saturated heterocycles.